The van der Waals surface area contributed by atoms with Crippen LogP contribution in [-0.4, -0.2) is 18.5 Å². The lowest BCUT2D eigenvalue weighted by atomic mass is 10.2. The van der Waals surface area contributed by atoms with E-state index >= 15 is 0 Å². The van der Waals surface area contributed by atoms with Crippen LogP contribution in [0.4, 0.5) is 10.1 Å². The highest BCUT2D eigenvalue weighted by atomic mass is 19.1. The number of esters is 1. The Kier molecular flexibility index (Phi) is 3.99. The van der Waals surface area contributed by atoms with Crippen molar-refractivity contribution in [3.8, 4) is 0 Å². The Morgan fingerprint density at radius 1 is 1.44 bits per heavy atom. The summed E-state index contributed by atoms with van der Waals surface area (Å²) >= 11 is 0. The summed E-state index contributed by atoms with van der Waals surface area (Å²) in [6.45, 7) is 3.31. The number of carbonyl (C=O) groups is 2. The molecule has 86 valence electrons. The molecule has 0 atom stereocenters. The smallest absolute Gasteiger partial charge is 0.397 e. The fourth-order valence-corrected chi connectivity index (χ4v) is 1.15. The molecule has 0 heterocycles. The molecule has 0 aliphatic heterocycles. The first-order chi connectivity index (χ1) is 7.56. The monoisotopic (exact) mass is 225 g/mol. The molecule has 0 aromatic heterocycles. The molecule has 5 heteroatoms. The number of para-hydroxylation sites is 1. The predicted octanol–water partition coefficient (Wildman–Crippen LogP) is 1.64. The van der Waals surface area contributed by atoms with Gasteiger partial charge >= 0.3 is 11.9 Å². The van der Waals surface area contributed by atoms with Crippen LogP contribution < -0.4 is 5.32 Å². The van der Waals surface area contributed by atoms with E-state index in [1.807, 2.05) is 0 Å². The van der Waals surface area contributed by atoms with E-state index in [0.717, 1.165) is 0 Å². The first-order valence-electron chi connectivity index (χ1n) is 4.79. The van der Waals surface area contributed by atoms with E-state index in [9.17, 15) is 14.0 Å². The van der Waals surface area contributed by atoms with Gasteiger partial charge in [-0.15, -0.1) is 0 Å². The molecule has 0 fully saturated rings. The van der Waals surface area contributed by atoms with Crippen LogP contribution in [0.3, 0.4) is 0 Å². The summed E-state index contributed by atoms with van der Waals surface area (Å²) in [6.07, 6.45) is 0. The molecule has 0 aliphatic rings. The van der Waals surface area contributed by atoms with Crippen molar-refractivity contribution in [1.82, 2.24) is 0 Å². The van der Waals surface area contributed by atoms with Crippen LogP contribution in [-0.2, 0) is 14.3 Å². The molecule has 1 rings (SSSR count). The largest absolute Gasteiger partial charge is 0.459 e. The van der Waals surface area contributed by atoms with Crippen LogP contribution in [0.1, 0.15) is 12.5 Å². The van der Waals surface area contributed by atoms with Gasteiger partial charge in [0.15, 0.2) is 0 Å². The number of halogens is 1. The Morgan fingerprint density at radius 3 is 2.69 bits per heavy atom. The van der Waals surface area contributed by atoms with Crippen molar-refractivity contribution < 1.29 is 18.7 Å². The van der Waals surface area contributed by atoms with Crippen molar-refractivity contribution in [3.05, 3.63) is 29.6 Å². The van der Waals surface area contributed by atoms with E-state index in [2.05, 4.69) is 10.1 Å². The van der Waals surface area contributed by atoms with Crippen LogP contribution in [0.5, 0.6) is 0 Å². The Morgan fingerprint density at radius 2 is 2.12 bits per heavy atom. The van der Waals surface area contributed by atoms with Crippen molar-refractivity contribution in [2.75, 3.05) is 11.9 Å². The zero-order valence-corrected chi connectivity index (χ0v) is 9.04. The summed E-state index contributed by atoms with van der Waals surface area (Å²) in [7, 11) is 0. The predicted molar refractivity (Wildman–Crippen MR) is 56.4 cm³/mol. The van der Waals surface area contributed by atoms with Gasteiger partial charge in [-0.05, 0) is 25.5 Å². The number of rotatable bonds is 2. The highest BCUT2D eigenvalue weighted by molar-refractivity contribution is 6.37. The van der Waals surface area contributed by atoms with Crippen LogP contribution in [0.25, 0.3) is 0 Å². The third-order valence-electron chi connectivity index (χ3n) is 1.92. The van der Waals surface area contributed by atoms with Crippen molar-refractivity contribution in [2.24, 2.45) is 0 Å². The molecular formula is C11H12FNO3. The first kappa shape index (κ1) is 12.2. The summed E-state index contributed by atoms with van der Waals surface area (Å²) in [5.41, 5.74) is 0.540. The zero-order valence-electron chi connectivity index (χ0n) is 9.04. The molecule has 0 saturated carbocycles. The van der Waals surface area contributed by atoms with Gasteiger partial charge < -0.3 is 10.1 Å². The third-order valence-corrected chi connectivity index (χ3v) is 1.92. The van der Waals surface area contributed by atoms with E-state index in [4.69, 9.17) is 0 Å². The Balaban J connectivity index is 2.81. The van der Waals surface area contributed by atoms with Crippen molar-refractivity contribution >= 4 is 17.6 Å². The maximum Gasteiger partial charge on any atom is 0.397 e. The van der Waals surface area contributed by atoms with Gasteiger partial charge in [0.25, 0.3) is 0 Å². The fourth-order valence-electron chi connectivity index (χ4n) is 1.15. The standard InChI is InChI=1S/C11H12FNO3/c1-3-16-11(15)10(14)13-9-7(2)5-4-6-8(9)12/h4-6H,3H2,1-2H3,(H,13,14). The quantitative estimate of drug-likeness (QED) is 0.614. The van der Waals surface area contributed by atoms with E-state index < -0.39 is 17.7 Å². The van der Waals surface area contributed by atoms with Crippen LogP contribution in [0.2, 0.25) is 0 Å². The van der Waals surface area contributed by atoms with Crippen LogP contribution in [0.15, 0.2) is 18.2 Å². The summed E-state index contributed by atoms with van der Waals surface area (Å²) in [4.78, 5) is 22.3. The third kappa shape index (κ3) is 2.79. The Bertz CT molecular complexity index is 397. The molecule has 1 amide bonds. The Labute approximate surface area is 92.4 Å². The number of aryl methyl sites for hydroxylation is 1. The second-order valence-corrected chi connectivity index (χ2v) is 3.11. The summed E-state index contributed by atoms with van der Waals surface area (Å²) < 4.78 is 17.8. The number of hydrogen-bond acceptors (Lipinski definition) is 3. The van der Waals surface area contributed by atoms with Crippen molar-refractivity contribution in [2.45, 2.75) is 13.8 Å². The molecule has 4 nitrogen and oxygen atoms in total. The molecule has 0 spiro atoms. The average Bonchev–Trinajstić information content (AvgIpc) is 2.23. The minimum atomic E-state index is -1.02. The second-order valence-electron chi connectivity index (χ2n) is 3.11. The molecule has 0 saturated heterocycles. The first-order valence-corrected chi connectivity index (χ1v) is 4.79. The molecule has 16 heavy (non-hydrogen) atoms. The molecule has 1 aromatic rings. The highest BCUT2D eigenvalue weighted by Gasteiger charge is 2.17. The lowest BCUT2D eigenvalue weighted by molar-refractivity contribution is -0.152. The minimum Gasteiger partial charge on any atom is -0.459 e. The zero-order chi connectivity index (χ0) is 12.1. The normalized spacial score (nSPS) is 9.69. The van der Waals surface area contributed by atoms with E-state index in [0.29, 0.717) is 5.56 Å². The van der Waals surface area contributed by atoms with E-state index in [1.165, 1.54) is 12.1 Å². The van der Waals surface area contributed by atoms with Gasteiger partial charge in [-0.3, -0.25) is 4.79 Å². The Hall–Kier alpha value is -1.91. The summed E-state index contributed by atoms with van der Waals surface area (Å²) in [5, 5.41) is 2.17. The summed E-state index contributed by atoms with van der Waals surface area (Å²) in [6, 6.07) is 4.35. The maximum absolute atomic E-state index is 13.3. The average molecular weight is 225 g/mol. The molecule has 0 aliphatic carbocycles. The lowest BCUT2D eigenvalue weighted by Crippen LogP contribution is -2.25. The van der Waals surface area contributed by atoms with Gasteiger partial charge in [-0.1, -0.05) is 12.1 Å². The fraction of sp³-hybridized carbons (Fsp3) is 0.273. The van der Waals surface area contributed by atoms with Gasteiger partial charge in [-0.25, -0.2) is 9.18 Å². The molecular weight excluding hydrogens is 213 g/mol. The van der Waals surface area contributed by atoms with Crippen LogP contribution in [0, 0.1) is 12.7 Å². The molecule has 1 aromatic carbocycles. The number of benzene rings is 1. The van der Waals surface area contributed by atoms with Crippen molar-refractivity contribution in [3.63, 3.8) is 0 Å². The van der Waals surface area contributed by atoms with Gasteiger partial charge in [0.2, 0.25) is 0 Å². The highest BCUT2D eigenvalue weighted by Crippen LogP contribution is 2.18. The molecule has 1 N–H and O–H groups in total. The van der Waals surface area contributed by atoms with Gasteiger partial charge in [0.05, 0.1) is 12.3 Å². The topological polar surface area (TPSA) is 55.4 Å². The molecule has 0 bridgehead atoms. The van der Waals surface area contributed by atoms with Gasteiger partial charge in [0, 0.05) is 0 Å². The number of carbonyl (C=O) groups excluding carboxylic acids is 2. The van der Waals surface area contributed by atoms with Gasteiger partial charge in [-0.2, -0.15) is 0 Å². The van der Waals surface area contributed by atoms with Crippen molar-refractivity contribution in [1.29, 1.82) is 0 Å². The number of ether oxygens (including phenoxy) is 1. The number of anilines is 1. The molecule has 0 unspecified atom stereocenters. The lowest BCUT2D eigenvalue weighted by Gasteiger charge is -2.08. The van der Waals surface area contributed by atoms with E-state index in [-0.39, 0.29) is 12.3 Å². The SMILES string of the molecule is CCOC(=O)C(=O)Nc1c(C)cccc1F. The maximum atomic E-state index is 13.3. The number of hydrogen-bond donors (Lipinski definition) is 1. The number of nitrogens with one attached hydrogen (secondary N) is 1. The number of amides is 1. The minimum absolute atomic E-state index is 0.000512. The van der Waals surface area contributed by atoms with E-state index in [1.54, 1.807) is 19.9 Å². The molecule has 0 radical (unpaired) electrons. The summed E-state index contributed by atoms with van der Waals surface area (Å²) in [5.74, 6) is -2.59. The second kappa shape index (κ2) is 5.25. The van der Waals surface area contributed by atoms with Gasteiger partial charge in [0.1, 0.15) is 5.82 Å². The van der Waals surface area contributed by atoms with Crippen LogP contribution >= 0.6 is 0 Å².